The zero-order valence-corrected chi connectivity index (χ0v) is 17.5. The van der Waals surface area contributed by atoms with Crippen molar-refractivity contribution in [1.29, 1.82) is 0 Å². The molecule has 25 heavy (non-hydrogen) atoms. The molecular formula is C23H31ClO. The van der Waals surface area contributed by atoms with Crippen molar-refractivity contribution in [3.63, 3.8) is 0 Å². The van der Waals surface area contributed by atoms with E-state index >= 15 is 0 Å². The van der Waals surface area contributed by atoms with Crippen molar-refractivity contribution in [2.45, 2.75) is 71.8 Å². The van der Waals surface area contributed by atoms with Crippen LogP contribution < -0.4 is 0 Å². The maximum absolute atomic E-state index is 10.7. The van der Waals surface area contributed by atoms with Gasteiger partial charge in [-0.1, -0.05) is 77.4 Å². The minimum absolute atomic E-state index is 0.0529. The van der Waals surface area contributed by atoms with Crippen LogP contribution in [0.15, 0.2) is 36.4 Å². The number of hydrogen-bond donors (Lipinski definition) is 1. The molecule has 0 unspecified atom stereocenters. The molecule has 0 heterocycles. The molecule has 0 amide bonds. The molecule has 0 aliphatic heterocycles. The van der Waals surface area contributed by atoms with Gasteiger partial charge < -0.3 is 5.11 Å². The first-order valence-corrected chi connectivity index (χ1v) is 9.26. The topological polar surface area (TPSA) is 20.2 Å². The summed E-state index contributed by atoms with van der Waals surface area (Å²) in [5.41, 5.74) is 4.76. The monoisotopic (exact) mass is 358 g/mol. The van der Waals surface area contributed by atoms with Gasteiger partial charge in [0, 0.05) is 5.02 Å². The highest BCUT2D eigenvalue weighted by Gasteiger charge is 2.25. The van der Waals surface area contributed by atoms with Crippen molar-refractivity contribution in [3.8, 4) is 11.1 Å². The van der Waals surface area contributed by atoms with E-state index in [-0.39, 0.29) is 10.8 Å². The molecule has 0 fully saturated rings. The number of benzene rings is 2. The van der Waals surface area contributed by atoms with Gasteiger partial charge in [-0.2, -0.15) is 0 Å². The number of hydrogen-bond acceptors (Lipinski definition) is 1. The third-order valence-corrected chi connectivity index (χ3v) is 4.85. The van der Waals surface area contributed by atoms with E-state index in [2.05, 4.69) is 59.7 Å². The van der Waals surface area contributed by atoms with Crippen LogP contribution in [0.5, 0.6) is 0 Å². The van der Waals surface area contributed by atoms with Crippen LogP contribution in [-0.4, -0.2) is 5.11 Å². The smallest absolute Gasteiger partial charge is 0.0847 e. The lowest BCUT2D eigenvalue weighted by Crippen LogP contribution is -2.18. The molecule has 1 N–H and O–H groups in total. The first-order chi connectivity index (χ1) is 11.2. The molecule has 0 aliphatic carbocycles. The molecule has 0 radical (unpaired) electrons. The van der Waals surface area contributed by atoms with Crippen molar-refractivity contribution in [2.75, 3.05) is 0 Å². The van der Waals surface area contributed by atoms with Gasteiger partial charge in [0.2, 0.25) is 0 Å². The standard InChI is InChI=1S/C23H31ClO/c1-21(2,3)16-11-15(12-17(13-16)22(4,5)6)19-10-9-18(24)14-20(19)23(7,8)25/h9-14,25H,1-8H3. The second kappa shape index (κ2) is 6.45. The van der Waals surface area contributed by atoms with Crippen molar-refractivity contribution < 1.29 is 5.11 Å². The highest BCUT2D eigenvalue weighted by molar-refractivity contribution is 6.30. The molecule has 2 heteroatoms. The molecule has 0 saturated carbocycles. The molecule has 136 valence electrons. The highest BCUT2D eigenvalue weighted by atomic mass is 35.5. The Morgan fingerprint density at radius 3 is 1.60 bits per heavy atom. The van der Waals surface area contributed by atoms with Crippen LogP contribution in [-0.2, 0) is 16.4 Å². The predicted molar refractivity (Wildman–Crippen MR) is 110 cm³/mol. The molecule has 2 rings (SSSR count). The second-order valence-electron chi connectivity index (χ2n) is 9.55. The fraction of sp³-hybridized carbons (Fsp3) is 0.478. The van der Waals surface area contributed by atoms with Gasteiger partial charge in [-0.15, -0.1) is 0 Å². The van der Waals surface area contributed by atoms with E-state index in [1.165, 1.54) is 11.1 Å². The van der Waals surface area contributed by atoms with E-state index in [1.807, 2.05) is 18.2 Å². The summed E-state index contributed by atoms with van der Waals surface area (Å²) in [6.45, 7) is 17.0. The summed E-state index contributed by atoms with van der Waals surface area (Å²) in [5.74, 6) is 0. The van der Waals surface area contributed by atoms with Crippen molar-refractivity contribution in [2.24, 2.45) is 0 Å². The van der Waals surface area contributed by atoms with Crippen LogP contribution in [0.4, 0.5) is 0 Å². The number of rotatable bonds is 2. The van der Waals surface area contributed by atoms with E-state index in [0.29, 0.717) is 5.02 Å². The largest absolute Gasteiger partial charge is 0.386 e. The number of halogens is 1. The van der Waals surface area contributed by atoms with E-state index in [4.69, 9.17) is 11.6 Å². The van der Waals surface area contributed by atoms with Crippen LogP contribution in [0.3, 0.4) is 0 Å². The van der Waals surface area contributed by atoms with Gasteiger partial charge in [-0.3, -0.25) is 0 Å². The summed E-state index contributed by atoms with van der Waals surface area (Å²) in [6, 6.07) is 12.6. The average Bonchev–Trinajstić information content (AvgIpc) is 2.44. The third-order valence-electron chi connectivity index (χ3n) is 4.62. The fourth-order valence-electron chi connectivity index (χ4n) is 2.92. The fourth-order valence-corrected chi connectivity index (χ4v) is 3.10. The Morgan fingerprint density at radius 1 is 0.720 bits per heavy atom. The van der Waals surface area contributed by atoms with Gasteiger partial charge in [0.1, 0.15) is 0 Å². The maximum atomic E-state index is 10.7. The molecule has 0 atom stereocenters. The summed E-state index contributed by atoms with van der Waals surface area (Å²) in [4.78, 5) is 0. The lowest BCUT2D eigenvalue weighted by molar-refractivity contribution is 0.0792. The SMILES string of the molecule is CC(C)(C)c1cc(-c2ccc(Cl)cc2C(C)(C)O)cc(C(C)(C)C)c1. The maximum Gasteiger partial charge on any atom is 0.0847 e. The van der Waals surface area contributed by atoms with Crippen molar-refractivity contribution in [3.05, 3.63) is 58.1 Å². The molecular weight excluding hydrogens is 328 g/mol. The Balaban J connectivity index is 2.80. The van der Waals surface area contributed by atoms with Gasteiger partial charge in [-0.05, 0) is 64.6 Å². The molecule has 0 spiro atoms. The van der Waals surface area contributed by atoms with Crippen LogP contribution in [0.1, 0.15) is 72.1 Å². The third kappa shape index (κ3) is 4.65. The summed E-state index contributed by atoms with van der Waals surface area (Å²) >= 11 is 6.21. The van der Waals surface area contributed by atoms with E-state index < -0.39 is 5.60 Å². The summed E-state index contributed by atoms with van der Waals surface area (Å²) in [7, 11) is 0. The second-order valence-corrected chi connectivity index (χ2v) is 9.98. The Kier molecular flexibility index (Phi) is 5.16. The zero-order chi connectivity index (χ0) is 19.2. The first kappa shape index (κ1) is 20.0. The van der Waals surface area contributed by atoms with Gasteiger partial charge in [-0.25, -0.2) is 0 Å². The van der Waals surface area contributed by atoms with E-state index in [0.717, 1.165) is 16.7 Å². The van der Waals surface area contributed by atoms with E-state index in [1.54, 1.807) is 13.8 Å². The van der Waals surface area contributed by atoms with Crippen LogP contribution >= 0.6 is 11.6 Å². The lowest BCUT2D eigenvalue weighted by atomic mass is 9.78. The van der Waals surface area contributed by atoms with Crippen LogP contribution in [0.25, 0.3) is 11.1 Å². The summed E-state index contributed by atoms with van der Waals surface area (Å²) in [6.07, 6.45) is 0. The van der Waals surface area contributed by atoms with Crippen LogP contribution in [0.2, 0.25) is 5.02 Å². The van der Waals surface area contributed by atoms with Gasteiger partial charge in [0.25, 0.3) is 0 Å². The lowest BCUT2D eigenvalue weighted by Gasteiger charge is -2.28. The normalized spacial score (nSPS) is 13.2. The van der Waals surface area contributed by atoms with Crippen LogP contribution in [0, 0.1) is 0 Å². The Morgan fingerprint density at radius 2 is 1.20 bits per heavy atom. The zero-order valence-electron chi connectivity index (χ0n) is 16.8. The van der Waals surface area contributed by atoms with E-state index in [9.17, 15) is 5.11 Å². The Bertz CT molecular complexity index is 736. The molecule has 0 bridgehead atoms. The summed E-state index contributed by atoms with van der Waals surface area (Å²) < 4.78 is 0. The number of aliphatic hydroxyl groups is 1. The molecule has 0 aliphatic rings. The predicted octanol–water partition coefficient (Wildman–Crippen LogP) is 6.83. The van der Waals surface area contributed by atoms with Gasteiger partial charge >= 0.3 is 0 Å². The molecule has 2 aromatic rings. The first-order valence-electron chi connectivity index (χ1n) is 8.88. The molecule has 0 saturated heterocycles. The molecule has 1 nitrogen and oxygen atoms in total. The van der Waals surface area contributed by atoms with Crippen molar-refractivity contribution >= 4 is 11.6 Å². The minimum Gasteiger partial charge on any atom is -0.386 e. The summed E-state index contributed by atoms with van der Waals surface area (Å²) in [5, 5.41) is 11.3. The quantitative estimate of drug-likeness (QED) is 0.623. The van der Waals surface area contributed by atoms with Crippen molar-refractivity contribution in [1.82, 2.24) is 0 Å². The van der Waals surface area contributed by atoms with Gasteiger partial charge in [0.05, 0.1) is 5.60 Å². The van der Waals surface area contributed by atoms with Gasteiger partial charge in [0.15, 0.2) is 0 Å². The minimum atomic E-state index is -0.958. The Hall–Kier alpha value is -1.31. The average molecular weight is 359 g/mol. The molecule has 0 aromatic heterocycles. The molecule has 2 aromatic carbocycles. The Labute approximate surface area is 158 Å². The highest BCUT2D eigenvalue weighted by Crippen LogP contribution is 2.38.